The first-order valence-electron chi connectivity index (χ1n) is 3.84. The maximum atomic E-state index is 5.50. The molecule has 0 atom stereocenters. The van der Waals surface area contributed by atoms with E-state index in [1.165, 1.54) is 0 Å². The lowest BCUT2D eigenvalue weighted by molar-refractivity contribution is 1.19. The maximum Gasteiger partial charge on any atom is 0.123 e. The third-order valence-corrected chi connectivity index (χ3v) is 1.58. The summed E-state index contributed by atoms with van der Waals surface area (Å²) in [6.07, 6.45) is 3.84. The average Bonchev–Trinajstić information content (AvgIpc) is 2.03. The van der Waals surface area contributed by atoms with Crippen LogP contribution in [0.1, 0.15) is 11.3 Å². The summed E-state index contributed by atoms with van der Waals surface area (Å²) in [4.78, 5) is 4.11. The van der Waals surface area contributed by atoms with Crippen LogP contribution in [0.5, 0.6) is 0 Å². The smallest absolute Gasteiger partial charge is 0.123 e. The number of nitrogen functional groups attached to an aromatic ring is 1. The molecular weight excluding hydrogens is 150 g/mol. The van der Waals surface area contributed by atoms with Gasteiger partial charge in [-0.25, -0.2) is 4.98 Å². The Bertz CT molecular complexity index is 292. The summed E-state index contributed by atoms with van der Waals surface area (Å²) in [6, 6.07) is 3.72. The monoisotopic (exact) mass is 163 g/mol. The Kier molecular flexibility index (Phi) is 2.82. The van der Waals surface area contributed by atoms with Gasteiger partial charge in [0.15, 0.2) is 0 Å². The lowest BCUT2D eigenvalue weighted by Crippen LogP contribution is -1.95. The molecule has 4 N–H and O–H groups in total. The fourth-order valence-electron chi connectivity index (χ4n) is 0.962. The molecule has 0 spiro atoms. The molecule has 1 rings (SSSR count). The van der Waals surface area contributed by atoms with E-state index in [0.29, 0.717) is 12.4 Å². The van der Waals surface area contributed by atoms with Gasteiger partial charge in [-0.3, -0.25) is 0 Å². The summed E-state index contributed by atoms with van der Waals surface area (Å²) >= 11 is 0. The molecule has 0 saturated heterocycles. The first-order chi connectivity index (χ1) is 5.74. The van der Waals surface area contributed by atoms with Gasteiger partial charge in [-0.05, 0) is 24.6 Å². The van der Waals surface area contributed by atoms with Crippen molar-refractivity contribution in [2.45, 2.75) is 6.92 Å². The standard InChI is InChI=1S/C9H13N3/c1-7-8(3-2-6-10)4-5-9(11)12-7/h2-5H,6,10H2,1H3,(H2,11,12). The van der Waals surface area contributed by atoms with Crippen LogP contribution >= 0.6 is 0 Å². The number of rotatable bonds is 2. The number of nitrogens with zero attached hydrogens (tertiary/aromatic N) is 1. The fraction of sp³-hybridized carbons (Fsp3) is 0.222. The Morgan fingerprint density at radius 3 is 2.83 bits per heavy atom. The SMILES string of the molecule is Cc1nc(N)ccc1C=CCN. The summed E-state index contributed by atoms with van der Waals surface area (Å²) in [7, 11) is 0. The number of nitrogens with two attached hydrogens (primary N) is 2. The zero-order valence-electron chi connectivity index (χ0n) is 7.12. The van der Waals surface area contributed by atoms with E-state index >= 15 is 0 Å². The van der Waals surface area contributed by atoms with E-state index < -0.39 is 0 Å². The van der Waals surface area contributed by atoms with E-state index in [4.69, 9.17) is 11.5 Å². The predicted octanol–water partition coefficient (Wildman–Crippen LogP) is 0.944. The number of aryl methyl sites for hydroxylation is 1. The second-order valence-electron chi connectivity index (χ2n) is 2.55. The molecule has 0 aliphatic heterocycles. The van der Waals surface area contributed by atoms with Gasteiger partial charge in [-0.1, -0.05) is 12.2 Å². The van der Waals surface area contributed by atoms with Crippen molar-refractivity contribution in [2.75, 3.05) is 12.3 Å². The molecule has 1 aromatic rings. The average molecular weight is 163 g/mol. The molecule has 0 amide bonds. The van der Waals surface area contributed by atoms with Gasteiger partial charge in [0.2, 0.25) is 0 Å². The molecule has 0 fully saturated rings. The second-order valence-corrected chi connectivity index (χ2v) is 2.55. The van der Waals surface area contributed by atoms with Crippen molar-refractivity contribution >= 4 is 11.9 Å². The van der Waals surface area contributed by atoms with Crippen LogP contribution in [0.2, 0.25) is 0 Å². The molecule has 12 heavy (non-hydrogen) atoms. The van der Waals surface area contributed by atoms with E-state index in [0.717, 1.165) is 11.3 Å². The Labute approximate surface area is 72.1 Å². The molecule has 0 aliphatic carbocycles. The van der Waals surface area contributed by atoms with Gasteiger partial charge in [0.1, 0.15) is 5.82 Å². The summed E-state index contributed by atoms with van der Waals surface area (Å²) in [5.41, 5.74) is 12.8. The van der Waals surface area contributed by atoms with Gasteiger partial charge in [0.05, 0.1) is 0 Å². The Morgan fingerprint density at radius 1 is 1.50 bits per heavy atom. The molecular formula is C9H13N3. The van der Waals surface area contributed by atoms with Gasteiger partial charge in [-0.2, -0.15) is 0 Å². The molecule has 1 heterocycles. The van der Waals surface area contributed by atoms with E-state index in [2.05, 4.69) is 4.98 Å². The quantitative estimate of drug-likeness (QED) is 0.682. The normalized spacial score (nSPS) is 10.8. The lowest BCUT2D eigenvalue weighted by atomic mass is 10.2. The number of aromatic nitrogens is 1. The summed E-state index contributed by atoms with van der Waals surface area (Å²) in [5, 5.41) is 0. The van der Waals surface area contributed by atoms with Crippen molar-refractivity contribution in [3.63, 3.8) is 0 Å². The zero-order chi connectivity index (χ0) is 8.97. The van der Waals surface area contributed by atoms with E-state index in [1.54, 1.807) is 6.07 Å². The summed E-state index contributed by atoms with van der Waals surface area (Å²) in [6.45, 7) is 2.47. The van der Waals surface area contributed by atoms with Gasteiger partial charge >= 0.3 is 0 Å². The van der Waals surface area contributed by atoms with Gasteiger partial charge in [0.25, 0.3) is 0 Å². The number of hydrogen-bond acceptors (Lipinski definition) is 3. The number of hydrogen-bond donors (Lipinski definition) is 2. The molecule has 3 heteroatoms. The van der Waals surface area contributed by atoms with Crippen LogP contribution in [-0.4, -0.2) is 11.5 Å². The molecule has 0 unspecified atom stereocenters. The van der Waals surface area contributed by atoms with Crippen LogP contribution < -0.4 is 11.5 Å². The summed E-state index contributed by atoms with van der Waals surface area (Å²) in [5.74, 6) is 0.553. The van der Waals surface area contributed by atoms with Gasteiger partial charge < -0.3 is 11.5 Å². The second kappa shape index (κ2) is 3.88. The maximum absolute atomic E-state index is 5.50. The minimum atomic E-state index is 0.545. The van der Waals surface area contributed by atoms with Crippen molar-refractivity contribution in [2.24, 2.45) is 5.73 Å². The first-order valence-corrected chi connectivity index (χ1v) is 3.84. The zero-order valence-corrected chi connectivity index (χ0v) is 7.12. The largest absolute Gasteiger partial charge is 0.384 e. The molecule has 64 valence electrons. The molecule has 0 saturated carbocycles. The molecule has 0 aliphatic rings. The fourth-order valence-corrected chi connectivity index (χ4v) is 0.962. The minimum absolute atomic E-state index is 0.545. The van der Waals surface area contributed by atoms with Crippen molar-refractivity contribution in [3.05, 3.63) is 29.5 Å². The van der Waals surface area contributed by atoms with Gasteiger partial charge in [0, 0.05) is 12.2 Å². The number of pyridine rings is 1. The third-order valence-electron chi connectivity index (χ3n) is 1.58. The molecule has 0 radical (unpaired) electrons. The van der Waals surface area contributed by atoms with Crippen LogP contribution in [0, 0.1) is 6.92 Å². The highest BCUT2D eigenvalue weighted by Crippen LogP contribution is 2.09. The lowest BCUT2D eigenvalue weighted by Gasteiger charge is -1.99. The Balaban J connectivity index is 2.94. The van der Waals surface area contributed by atoms with Crippen molar-refractivity contribution in [1.29, 1.82) is 0 Å². The van der Waals surface area contributed by atoms with Gasteiger partial charge in [-0.15, -0.1) is 0 Å². The first kappa shape index (κ1) is 8.74. The van der Waals surface area contributed by atoms with Crippen LogP contribution in [0.4, 0.5) is 5.82 Å². The van der Waals surface area contributed by atoms with E-state index in [-0.39, 0.29) is 0 Å². The molecule has 0 aromatic carbocycles. The highest BCUT2D eigenvalue weighted by atomic mass is 14.8. The molecule has 3 nitrogen and oxygen atoms in total. The van der Waals surface area contributed by atoms with Crippen LogP contribution in [0.3, 0.4) is 0 Å². The van der Waals surface area contributed by atoms with E-state index in [1.807, 2.05) is 25.1 Å². The minimum Gasteiger partial charge on any atom is -0.384 e. The molecule has 0 bridgehead atoms. The van der Waals surface area contributed by atoms with Crippen molar-refractivity contribution in [1.82, 2.24) is 4.98 Å². The topological polar surface area (TPSA) is 64.9 Å². The molecule has 1 aromatic heterocycles. The van der Waals surface area contributed by atoms with Crippen LogP contribution in [0.25, 0.3) is 6.08 Å². The predicted molar refractivity (Wildman–Crippen MR) is 51.5 cm³/mol. The highest BCUT2D eigenvalue weighted by Gasteiger charge is 1.94. The Morgan fingerprint density at radius 2 is 2.25 bits per heavy atom. The third kappa shape index (κ3) is 2.07. The van der Waals surface area contributed by atoms with Crippen molar-refractivity contribution in [3.8, 4) is 0 Å². The number of anilines is 1. The van der Waals surface area contributed by atoms with E-state index in [9.17, 15) is 0 Å². The summed E-state index contributed by atoms with van der Waals surface area (Å²) < 4.78 is 0. The van der Waals surface area contributed by atoms with Crippen LogP contribution in [0.15, 0.2) is 18.2 Å². The Hall–Kier alpha value is -1.35. The highest BCUT2D eigenvalue weighted by molar-refractivity contribution is 5.53. The van der Waals surface area contributed by atoms with Crippen molar-refractivity contribution < 1.29 is 0 Å². The van der Waals surface area contributed by atoms with Crippen LogP contribution in [-0.2, 0) is 0 Å².